The Morgan fingerprint density at radius 1 is 1.14 bits per heavy atom. The van der Waals surface area contributed by atoms with Crippen LogP contribution in [0, 0.1) is 11.6 Å². The van der Waals surface area contributed by atoms with Crippen LogP contribution in [-0.4, -0.2) is 33.1 Å². The SMILES string of the molecule is CCCNc1nc(NCCCn2ccnn2)c(F)cc1F. The summed E-state index contributed by atoms with van der Waals surface area (Å²) in [6.07, 6.45) is 4.91. The zero-order valence-electron chi connectivity index (χ0n) is 11.8. The minimum Gasteiger partial charge on any atom is -0.368 e. The van der Waals surface area contributed by atoms with Gasteiger partial charge < -0.3 is 10.6 Å². The maximum absolute atomic E-state index is 13.6. The Hall–Kier alpha value is -2.25. The predicted octanol–water partition coefficient (Wildman–Crippen LogP) is 2.28. The third-order valence-electron chi connectivity index (χ3n) is 2.80. The van der Waals surface area contributed by atoms with Gasteiger partial charge in [-0.15, -0.1) is 5.10 Å². The maximum atomic E-state index is 13.6. The topological polar surface area (TPSA) is 67.7 Å². The highest BCUT2D eigenvalue weighted by Crippen LogP contribution is 2.18. The molecule has 0 bridgehead atoms. The van der Waals surface area contributed by atoms with Crippen LogP contribution in [0.3, 0.4) is 0 Å². The molecule has 2 aromatic heterocycles. The van der Waals surface area contributed by atoms with Crippen LogP contribution in [0.1, 0.15) is 19.8 Å². The van der Waals surface area contributed by atoms with Crippen molar-refractivity contribution >= 4 is 11.6 Å². The first-order chi connectivity index (χ1) is 10.2. The molecule has 2 N–H and O–H groups in total. The number of hydrogen-bond acceptors (Lipinski definition) is 5. The lowest BCUT2D eigenvalue weighted by molar-refractivity contribution is 0.563. The maximum Gasteiger partial charge on any atom is 0.168 e. The van der Waals surface area contributed by atoms with Gasteiger partial charge in [-0.3, -0.25) is 4.68 Å². The summed E-state index contributed by atoms with van der Waals surface area (Å²) in [6.45, 7) is 3.71. The lowest BCUT2D eigenvalue weighted by Crippen LogP contribution is -2.12. The van der Waals surface area contributed by atoms with Crippen molar-refractivity contribution in [3.63, 3.8) is 0 Å². The monoisotopic (exact) mass is 296 g/mol. The van der Waals surface area contributed by atoms with Crippen molar-refractivity contribution in [1.29, 1.82) is 0 Å². The Labute approximate surface area is 121 Å². The molecule has 8 heteroatoms. The van der Waals surface area contributed by atoms with E-state index in [1.807, 2.05) is 6.92 Å². The number of hydrogen-bond donors (Lipinski definition) is 2. The van der Waals surface area contributed by atoms with E-state index in [-0.39, 0.29) is 11.6 Å². The smallest absolute Gasteiger partial charge is 0.168 e. The van der Waals surface area contributed by atoms with Crippen molar-refractivity contribution in [3.8, 4) is 0 Å². The Balaban J connectivity index is 1.89. The third kappa shape index (κ3) is 4.37. The fourth-order valence-electron chi connectivity index (χ4n) is 1.76. The van der Waals surface area contributed by atoms with Crippen LogP contribution in [0.15, 0.2) is 18.5 Å². The molecule has 0 aromatic carbocycles. The average Bonchev–Trinajstić information content (AvgIpc) is 2.97. The summed E-state index contributed by atoms with van der Waals surface area (Å²) in [5.74, 6) is -1.27. The first kappa shape index (κ1) is 15.1. The molecule has 0 atom stereocenters. The average molecular weight is 296 g/mol. The second-order valence-corrected chi connectivity index (χ2v) is 4.52. The first-order valence-electron chi connectivity index (χ1n) is 6.88. The number of nitrogens with one attached hydrogen (secondary N) is 2. The van der Waals surface area contributed by atoms with Gasteiger partial charge in [0.05, 0.1) is 6.20 Å². The van der Waals surface area contributed by atoms with E-state index < -0.39 is 11.6 Å². The summed E-state index contributed by atoms with van der Waals surface area (Å²) in [4.78, 5) is 3.94. The van der Waals surface area contributed by atoms with Crippen molar-refractivity contribution < 1.29 is 8.78 Å². The van der Waals surface area contributed by atoms with E-state index in [2.05, 4.69) is 25.9 Å². The second kappa shape index (κ2) is 7.51. The molecule has 0 aliphatic heterocycles. The molecule has 114 valence electrons. The molecule has 0 saturated heterocycles. The van der Waals surface area contributed by atoms with Gasteiger partial charge in [-0.1, -0.05) is 12.1 Å². The highest BCUT2D eigenvalue weighted by atomic mass is 19.1. The van der Waals surface area contributed by atoms with Gasteiger partial charge in [0.1, 0.15) is 0 Å². The highest BCUT2D eigenvalue weighted by molar-refractivity contribution is 5.47. The van der Waals surface area contributed by atoms with Gasteiger partial charge in [-0.2, -0.15) is 0 Å². The minimum absolute atomic E-state index is 0.0496. The number of aromatic nitrogens is 4. The number of anilines is 2. The summed E-state index contributed by atoms with van der Waals surface area (Å²) >= 11 is 0. The molecular formula is C13H18F2N6. The number of rotatable bonds is 8. The lowest BCUT2D eigenvalue weighted by Gasteiger charge is -2.10. The van der Waals surface area contributed by atoms with Crippen molar-refractivity contribution in [1.82, 2.24) is 20.0 Å². The number of aryl methyl sites for hydroxylation is 1. The van der Waals surface area contributed by atoms with Crippen LogP contribution < -0.4 is 10.6 Å². The van der Waals surface area contributed by atoms with Crippen LogP contribution in [-0.2, 0) is 6.54 Å². The summed E-state index contributed by atoms with van der Waals surface area (Å²) in [7, 11) is 0. The van der Waals surface area contributed by atoms with Gasteiger partial charge >= 0.3 is 0 Å². The number of nitrogens with zero attached hydrogens (tertiary/aromatic N) is 4. The fraction of sp³-hybridized carbons (Fsp3) is 0.462. The summed E-state index contributed by atoms with van der Waals surface area (Å²) in [5.41, 5.74) is 0. The zero-order chi connectivity index (χ0) is 15.1. The van der Waals surface area contributed by atoms with E-state index in [1.54, 1.807) is 17.1 Å². The van der Waals surface area contributed by atoms with Gasteiger partial charge in [-0.25, -0.2) is 13.8 Å². The molecule has 0 fully saturated rings. The third-order valence-corrected chi connectivity index (χ3v) is 2.80. The Bertz CT molecular complexity index is 558. The molecular weight excluding hydrogens is 278 g/mol. The predicted molar refractivity (Wildman–Crippen MR) is 76.1 cm³/mol. The highest BCUT2D eigenvalue weighted by Gasteiger charge is 2.11. The Morgan fingerprint density at radius 2 is 1.86 bits per heavy atom. The first-order valence-corrected chi connectivity index (χ1v) is 6.88. The Morgan fingerprint density at radius 3 is 2.48 bits per heavy atom. The molecule has 0 aliphatic rings. The standard InChI is InChI=1S/C13H18F2N6/c1-2-4-16-12-10(14)9-11(15)13(19-12)17-5-3-7-21-8-6-18-20-21/h6,8-9H,2-5,7H2,1H3,(H2,16,17,19). The molecule has 0 aliphatic carbocycles. The Kier molecular flexibility index (Phi) is 5.42. The normalized spacial score (nSPS) is 10.6. The van der Waals surface area contributed by atoms with Crippen molar-refractivity contribution in [2.75, 3.05) is 23.7 Å². The molecule has 2 rings (SSSR count). The van der Waals surface area contributed by atoms with E-state index >= 15 is 0 Å². The van der Waals surface area contributed by atoms with E-state index in [4.69, 9.17) is 0 Å². The van der Waals surface area contributed by atoms with Crippen LogP contribution in [0.5, 0.6) is 0 Å². The van der Waals surface area contributed by atoms with Crippen molar-refractivity contribution in [2.45, 2.75) is 26.3 Å². The summed E-state index contributed by atoms with van der Waals surface area (Å²) in [5, 5.41) is 13.2. The summed E-state index contributed by atoms with van der Waals surface area (Å²) in [6, 6.07) is 0.838. The van der Waals surface area contributed by atoms with Crippen molar-refractivity contribution in [2.24, 2.45) is 0 Å². The van der Waals surface area contributed by atoms with Crippen LogP contribution in [0.4, 0.5) is 20.4 Å². The molecule has 6 nitrogen and oxygen atoms in total. The molecule has 21 heavy (non-hydrogen) atoms. The van der Waals surface area contributed by atoms with Crippen molar-refractivity contribution in [3.05, 3.63) is 30.1 Å². The van der Waals surface area contributed by atoms with E-state index in [0.717, 1.165) is 18.9 Å². The minimum atomic E-state index is -0.699. The van der Waals surface area contributed by atoms with E-state index in [1.165, 1.54) is 0 Å². The van der Waals surface area contributed by atoms with Gasteiger partial charge in [0, 0.05) is 31.9 Å². The molecule has 0 saturated carbocycles. The molecule has 2 heterocycles. The van der Waals surface area contributed by atoms with E-state index in [9.17, 15) is 8.78 Å². The zero-order valence-corrected chi connectivity index (χ0v) is 11.8. The molecule has 0 spiro atoms. The second-order valence-electron chi connectivity index (χ2n) is 4.52. The molecule has 0 unspecified atom stereocenters. The molecule has 0 amide bonds. The van der Waals surface area contributed by atoms with Crippen LogP contribution in [0.2, 0.25) is 0 Å². The van der Waals surface area contributed by atoms with Gasteiger partial charge in [0.25, 0.3) is 0 Å². The van der Waals surface area contributed by atoms with Crippen LogP contribution in [0.25, 0.3) is 0 Å². The fourth-order valence-corrected chi connectivity index (χ4v) is 1.76. The lowest BCUT2D eigenvalue weighted by atomic mass is 10.3. The molecule has 2 aromatic rings. The number of pyridine rings is 1. The summed E-state index contributed by atoms with van der Waals surface area (Å²) < 4.78 is 28.8. The number of halogens is 2. The van der Waals surface area contributed by atoms with Gasteiger partial charge in [0.2, 0.25) is 0 Å². The van der Waals surface area contributed by atoms with Crippen LogP contribution >= 0.6 is 0 Å². The largest absolute Gasteiger partial charge is 0.368 e. The molecule has 0 radical (unpaired) electrons. The van der Waals surface area contributed by atoms with Gasteiger partial charge in [-0.05, 0) is 12.8 Å². The van der Waals surface area contributed by atoms with Gasteiger partial charge in [0.15, 0.2) is 23.3 Å². The quantitative estimate of drug-likeness (QED) is 0.731. The van der Waals surface area contributed by atoms with E-state index in [0.29, 0.717) is 19.6 Å².